The van der Waals surface area contributed by atoms with Gasteiger partial charge in [-0.1, -0.05) is 24.9 Å². The summed E-state index contributed by atoms with van der Waals surface area (Å²) in [6, 6.07) is 0.355. The average Bonchev–Trinajstić information content (AvgIpc) is 2.36. The molecule has 0 radical (unpaired) electrons. The summed E-state index contributed by atoms with van der Waals surface area (Å²) in [4.78, 5) is 10.4. The zero-order valence-electron chi connectivity index (χ0n) is 11.3. The number of halogens is 4. The predicted octanol–water partition coefficient (Wildman–Crippen LogP) is 2.89. The van der Waals surface area contributed by atoms with E-state index in [-0.39, 0.29) is 6.42 Å². The highest BCUT2D eigenvalue weighted by atomic mass is 35.5. The van der Waals surface area contributed by atoms with Gasteiger partial charge in [0.05, 0.1) is 10.6 Å². The van der Waals surface area contributed by atoms with Crippen LogP contribution < -0.4 is 4.72 Å². The molecule has 0 aliphatic rings. The lowest BCUT2D eigenvalue weighted by atomic mass is 10.2. The summed E-state index contributed by atoms with van der Waals surface area (Å²) < 4.78 is 63.6. The van der Waals surface area contributed by atoms with Gasteiger partial charge in [0, 0.05) is 0 Å². The van der Waals surface area contributed by atoms with E-state index in [0.717, 1.165) is 0 Å². The molecule has 0 heterocycles. The fraction of sp³-hybridized carbons (Fsp3) is 0.417. The molecule has 0 saturated carbocycles. The van der Waals surface area contributed by atoms with Gasteiger partial charge in [-0.3, -0.25) is 4.79 Å². The van der Waals surface area contributed by atoms with Gasteiger partial charge in [-0.05, 0) is 24.6 Å². The Bertz CT molecular complexity index is 661. The van der Waals surface area contributed by atoms with Crippen molar-refractivity contribution in [1.29, 1.82) is 0 Å². The molecule has 0 amide bonds. The van der Waals surface area contributed by atoms with Crippen molar-refractivity contribution in [3.8, 4) is 0 Å². The molecule has 10 heteroatoms. The molecule has 22 heavy (non-hydrogen) atoms. The molecule has 0 aliphatic carbocycles. The van der Waals surface area contributed by atoms with Gasteiger partial charge < -0.3 is 5.11 Å². The largest absolute Gasteiger partial charge is 0.480 e. The number of aliphatic carboxylic acids is 1. The summed E-state index contributed by atoms with van der Waals surface area (Å²) in [6.45, 7) is 1.66. The number of hydrogen-bond donors (Lipinski definition) is 2. The lowest BCUT2D eigenvalue weighted by molar-refractivity contribution is -0.139. The van der Waals surface area contributed by atoms with Crippen LogP contribution in [0.1, 0.15) is 25.3 Å². The smallest absolute Gasteiger partial charge is 0.416 e. The summed E-state index contributed by atoms with van der Waals surface area (Å²) in [6.07, 6.45) is -4.22. The molecule has 1 unspecified atom stereocenters. The molecular weight excluding hydrogens is 347 g/mol. The molecular formula is C12H13ClF3NO4S. The summed E-state index contributed by atoms with van der Waals surface area (Å²) in [5.41, 5.74) is -1.10. The first-order valence-corrected chi connectivity index (χ1v) is 7.97. The van der Waals surface area contributed by atoms with E-state index >= 15 is 0 Å². The highest BCUT2D eigenvalue weighted by Crippen LogP contribution is 2.33. The Labute approximate surface area is 130 Å². The van der Waals surface area contributed by atoms with Crippen molar-refractivity contribution in [3.05, 3.63) is 28.8 Å². The summed E-state index contributed by atoms with van der Waals surface area (Å²) >= 11 is 5.59. The van der Waals surface area contributed by atoms with Crippen molar-refractivity contribution in [1.82, 2.24) is 4.72 Å². The number of nitrogens with one attached hydrogen (secondary N) is 1. The van der Waals surface area contributed by atoms with E-state index in [0.29, 0.717) is 24.6 Å². The first kappa shape index (κ1) is 18.7. The molecule has 0 saturated heterocycles. The van der Waals surface area contributed by atoms with Crippen LogP contribution >= 0.6 is 11.6 Å². The van der Waals surface area contributed by atoms with Crippen LogP contribution in [0.25, 0.3) is 0 Å². The molecule has 1 aromatic carbocycles. The maximum absolute atomic E-state index is 12.5. The van der Waals surface area contributed by atoms with Crippen LogP contribution in [0.15, 0.2) is 23.1 Å². The van der Waals surface area contributed by atoms with Crippen LogP contribution in [0.2, 0.25) is 5.02 Å². The van der Waals surface area contributed by atoms with E-state index < -0.39 is 43.7 Å². The van der Waals surface area contributed by atoms with E-state index in [1.807, 2.05) is 4.72 Å². The maximum atomic E-state index is 12.5. The van der Waals surface area contributed by atoms with Crippen LogP contribution in [-0.4, -0.2) is 25.5 Å². The zero-order chi connectivity index (χ0) is 17.1. The van der Waals surface area contributed by atoms with Gasteiger partial charge in [0.2, 0.25) is 10.0 Å². The van der Waals surface area contributed by atoms with Crippen LogP contribution in [0.4, 0.5) is 13.2 Å². The second kappa shape index (κ2) is 6.84. The molecule has 2 N–H and O–H groups in total. The van der Waals surface area contributed by atoms with Gasteiger partial charge >= 0.3 is 12.1 Å². The predicted molar refractivity (Wildman–Crippen MR) is 73.1 cm³/mol. The normalized spacial score (nSPS) is 13.9. The third-order valence-electron chi connectivity index (χ3n) is 2.72. The van der Waals surface area contributed by atoms with Gasteiger partial charge in [0.1, 0.15) is 10.9 Å². The highest BCUT2D eigenvalue weighted by Gasteiger charge is 2.33. The molecule has 0 bridgehead atoms. The van der Waals surface area contributed by atoms with Crippen molar-refractivity contribution in [2.24, 2.45) is 0 Å². The lowest BCUT2D eigenvalue weighted by Gasteiger charge is -2.15. The Kier molecular flexibility index (Phi) is 5.82. The standard InChI is InChI=1S/C12H13ClF3NO4S/c1-2-3-9(11(18)19)17-22(20,21)10-5-4-7(6-8(10)13)12(14,15)16/h4-6,9,17H,2-3H2,1H3,(H,18,19). The Balaban J connectivity index is 3.16. The van der Waals surface area contributed by atoms with Crippen LogP contribution in [0.3, 0.4) is 0 Å². The minimum atomic E-state index is -4.66. The number of sulfonamides is 1. The second-order valence-electron chi connectivity index (χ2n) is 4.44. The molecule has 0 fully saturated rings. The first-order chi connectivity index (χ1) is 9.99. The van der Waals surface area contributed by atoms with Gasteiger partial charge in [0.15, 0.2) is 0 Å². The fourth-order valence-corrected chi connectivity index (χ4v) is 3.44. The van der Waals surface area contributed by atoms with Crippen LogP contribution in [0.5, 0.6) is 0 Å². The SMILES string of the molecule is CCCC(NS(=O)(=O)c1ccc(C(F)(F)F)cc1Cl)C(=O)O. The van der Waals surface area contributed by atoms with E-state index in [2.05, 4.69) is 0 Å². The van der Waals surface area contributed by atoms with Crippen LogP contribution in [0, 0.1) is 0 Å². The van der Waals surface area contributed by atoms with Gasteiger partial charge in [-0.15, -0.1) is 0 Å². The highest BCUT2D eigenvalue weighted by molar-refractivity contribution is 7.89. The Morgan fingerprint density at radius 2 is 2.00 bits per heavy atom. The fourth-order valence-electron chi connectivity index (χ4n) is 1.67. The van der Waals surface area contributed by atoms with E-state index in [1.165, 1.54) is 0 Å². The molecule has 0 aromatic heterocycles. The van der Waals surface area contributed by atoms with Crippen molar-refractivity contribution < 1.29 is 31.5 Å². The lowest BCUT2D eigenvalue weighted by Crippen LogP contribution is -2.40. The summed E-state index contributed by atoms with van der Waals surface area (Å²) in [5.74, 6) is -1.38. The molecule has 1 aromatic rings. The van der Waals surface area contributed by atoms with E-state index in [9.17, 15) is 26.4 Å². The zero-order valence-corrected chi connectivity index (χ0v) is 12.9. The van der Waals surface area contributed by atoms with Gasteiger partial charge in [-0.25, -0.2) is 8.42 Å². The van der Waals surface area contributed by atoms with Crippen molar-refractivity contribution in [2.75, 3.05) is 0 Å². The van der Waals surface area contributed by atoms with Gasteiger partial charge in [0.25, 0.3) is 0 Å². The number of carboxylic acid groups (broad SMARTS) is 1. The van der Waals surface area contributed by atoms with E-state index in [4.69, 9.17) is 16.7 Å². The summed E-state index contributed by atoms with van der Waals surface area (Å²) in [5, 5.41) is 8.29. The average molecular weight is 360 g/mol. The third kappa shape index (κ3) is 4.59. The molecule has 5 nitrogen and oxygen atoms in total. The minimum Gasteiger partial charge on any atom is -0.480 e. The monoisotopic (exact) mass is 359 g/mol. The van der Waals surface area contributed by atoms with E-state index in [1.54, 1.807) is 6.92 Å². The van der Waals surface area contributed by atoms with Crippen LogP contribution in [-0.2, 0) is 21.0 Å². The number of carboxylic acids is 1. The molecule has 0 aliphatic heterocycles. The second-order valence-corrected chi connectivity index (χ2v) is 6.53. The first-order valence-electron chi connectivity index (χ1n) is 6.11. The number of carbonyl (C=O) groups is 1. The summed E-state index contributed by atoms with van der Waals surface area (Å²) in [7, 11) is -4.35. The van der Waals surface area contributed by atoms with Gasteiger partial charge in [-0.2, -0.15) is 17.9 Å². The third-order valence-corrected chi connectivity index (χ3v) is 4.68. The van der Waals surface area contributed by atoms with Crippen molar-refractivity contribution in [2.45, 2.75) is 36.9 Å². The molecule has 1 atom stereocenters. The number of hydrogen-bond acceptors (Lipinski definition) is 3. The Morgan fingerprint density at radius 1 is 1.41 bits per heavy atom. The molecule has 1 rings (SSSR count). The molecule has 0 spiro atoms. The molecule has 124 valence electrons. The quantitative estimate of drug-likeness (QED) is 0.818. The number of rotatable bonds is 6. The number of alkyl halides is 3. The topological polar surface area (TPSA) is 83.5 Å². The van der Waals surface area contributed by atoms with Crippen molar-refractivity contribution in [3.63, 3.8) is 0 Å². The maximum Gasteiger partial charge on any atom is 0.416 e. The Morgan fingerprint density at radius 3 is 2.41 bits per heavy atom. The number of benzene rings is 1. The Hall–Kier alpha value is -1.32. The van der Waals surface area contributed by atoms with Crippen molar-refractivity contribution >= 4 is 27.6 Å². The minimum absolute atomic E-state index is 0.0345.